The first-order valence-electron chi connectivity index (χ1n) is 6.76. The van der Waals surface area contributed by atoms with Crippen molar-refractivity contribution >= 4 is 21.8 Å². The molecule has 0 spiro atoms. The number of rotatable bonds is 1. The molecule has 0 aliphatic rings. The van der Waals surface area contributed by atoms with E-state index < -0.39 is 17.5 Å². The maximum absolute atomic E-state index is 13.8. The van der Waals surface area contributed by atoms with Crippen LogP contribution in [0, 0.1) is 23.3 Å². The van der Waals surface area contributed by atoms with Gasteiger partial charge in [-0.1, -0.05) is 6.07 Å². The zero-order chi connectivity index (χ0) is 16.1. The Labute approximate surface area is 127 Å². The molecule has 0 unspecified atom stereocenters. The lowest BCUT2D eigenvalue weighted by atomic mass is 10.1. The van der Waals surface area contributed by atoms with E-state index in [-0.39, 0.29) is 16.7 Å². The second kappa shape index (κ2) is 4.81. The fraction of sp³-hybridized carbons (Fsp3) is 0. The summed E-state index contributed by atoms with van der Waals surface area (Å²) in [6, 6.07) is 8.35. The molecule has 0 aliphatic heterocycles. The van der Waals surface area contributed by atoms with Crippen molar-refractivity contribution in [2.24, 2.45) is 0 Å². The van der Waals surface area contributed by atoms with Crippen LogP contribution in [0.15, 0.2) is 42.6 Å². The molecule has 0 radical (unpaired) electrons. The molecule has 0 atom stereocenters. The Kier molecular flexibility index (Phi) is 2.87. The van der Waals surface area contributed by atoms with Crippen LogP contribution in [0.4, 0.5) is 17.6 Å². The van der Waals surface area contributed by atoms with Crippen molar-refractivity contribution in [3.05, 3.63) is 65.9 Å². The average molecular weight is 316 g/mol. The molecule has 4 aromatic rings. The molecule has 2 aromatic carbocycles. The second-order valence-corrected chi connectivity index (χ2v) is 5.14. The third-order valence-electron chi connectivity index (χ3n) is 3.74. The van der Waals surface area contributed by atoms with Crippen molar-refractivity contribution in [2.45, 2.75) is 0 Å². The van der Waals surface area contributed by atoms with Crippen LogP contribution in [-0.2, 0) is 0 Å². The molecule has 4 rings (SSSR count). The normalized spacial score (nSPS) is 11.5. The SMILES string of the molecule is Fc1ccc2nc(-c3c[nH]c4c(F)c(F)c(F)cc34)ccc2c1. The van der Waals surface area contributed by atoms with Crippen molar-refractivity contribution in [1.29, 1.82) is 0 Å². The summed E-state index contributed by atoms with van der Waals surface area (Å²) in [7, 11) is 0. The zero-order valence-electron chi connectivity index (χ0n) is 11.5. The van der Waals surface area contributed by atoms with Crippen molar-refractivity contribution in [3.8, 4) is 11.3 Å². The van der Waals surface area contributed by atoms with E-state index in [2.05, 4.69) is 9.97 Å². The molecule has 0 saturated carbocycles. The van der Waals surface area contributed by atoms with Crippen LogP contribution in [0.1, 0.15) is 0 Å². The lowest BCUT2D eigenvalue weighted by molar-refractivity contribution is 0.453. The first-order valence-corrected chi connectivity index (χ1v) is 6.76. The predicted octanol–water partition coefficient (Wildman–Crippen LogP) is 4.94. The van der Waals surface area contributed by atoms with E-state index in [1.165, 1.54) is 24.4 Å². The van der Waals surface area contributed by atoms with E-state index in [1.807, 2.05) is 0 Å². The van der Waals surface area contributed by atoms with Crippen molar-refractivity contribution in [3.63, 3.8) is 0 Å². The fourth-order valence-electron chi connectivity index (χ4n) is 2.63. The molecule has 0 bridgehead atoms. The Morgan fingerprint density at radius 2 is 1.70 bits per heavy atom. The molecule has 0 saturated heterocycles. The number of aromatic amines is 1. The quantitative estimate of drug-likeness (QED) is 0.391. The molecule has 6 heteroatoms. The lowest BCUT2D eigenvalue weighted by Gasteiger charge is -2.03. The van der Waals surface area contributed by atoms with E-state index >= 15 is 0 Å². The number of pyridine rings is 1. The number of benzene rings is 2. The van der Waals surface area contributed by atoms with Crippen LogP contribution < -0.4 is 0 Å². The molecule has 23 heavy (non-hydrogen) atoms. The van der Waals surface area contributed by atoms with Crippen molar-refractivity contribution in [2.75, 3.05) is 0 Å². The summed E-state index contributed by atoms with van der Waals surface area (Å²) in [6.45, 7) is 0. The molecule has 0 fully saturated rings. The van der Waals surface area contributed by atoms with Crippen LogP contribution in [0.25, 0.3) is 33.1 Å². The van der Waals surface area contributed by atoms with Gasteiger partial charge in [0.05, 0.1) is 16.7 Å². The summed E-state index contributed by atoms with van der Waals surface area (Å²) >= 11 is 0. The van der Waals surface area contributed by atoms with Gasteiger partial charge in [-0.3, -0.25) is 0 Å². The molecular weight excluding hydrogens is 308 g/mol. The fourth-order valence-corrected chi connectivity index (χ4v) is 2.63. The number of fused-ring (bicyclic) bond motifs is 2. The predicted molar refractivity (Wildman–Crippen MR) is 78.9 cm³/mol. The van der Waals surface area contributed by atoms with Gasteiger partial charge < -0.3 is 4.98 Å². The van der Waals surface area contributed by atoms with Crippen LogP contribution in [0.2, 0.25) is 0 Å². The largest absolute Gasteiger partial charge is 0.358 e. The Bertz CT molecular complexity index is 1070. The maximum Gasteiger partial charge on any atom is 0.196 e. The van der Waals surface area contributed by atoms with Crippen LogP contribution in [-0.4, -0.2) is 9.97 Å². The summed E-state index contributed by atoms with van der Waals surface area (Å²) in [6.07, 6.45) is 1.43. The number of aromatic nitrogens is 2. The Morgan fingerprint density at radius 1 is 0.870 bits per heavy atom. The number of halogens is 4. The highest BCUT2D eigenvalue weighted by Gasteiger charge is 2.18. The molecule has 0 aliphatic carbocycles. The van der Waals surface area contributed by atoms with Crippen LogP contribution in [0.5, 0.6) is 0 Å². The van der Waals surface area contributed by atoms with Gasteiger partial charge in [-0.15, -0.1) is 0 Å². The van der Waals surface area contributed by atoms with Gasteiger partial charge in [0.25, 0.3) is 0 Å². The van der Waals surface area contributed by atoms with E-state index in [1.54, 1.807) is 12.1 Å². The Morgan fingerprint density at radius 3 is 2.52 bits per heavy atom. The van der Waals surface area contributed by atoms with Gasteiger partial charge in [-0.2, -0.15) is 0 Å². The second-order valence-electron chi connectivity index (χ2n) is 5.14. The van der Waals surface area contributed by atoms with E-state index in [4.69, 9.17) is 0 Å². The first-order chi connectivity index (χ1) is 11.0. The lowest BCUT2D eigenvalue weighted by Crippen LogP contribution is -1.92. The number of nitrogens with zero attached hydrogens (tertiary/aromatic N) is 1. The van der Waals surface area contributed by atoms with E-state index in [0.717, 1.165) is 6.07 Å². The third kappa shape index (κ3) is 2.06. The highest BCUT2D eigenvalue weighted by Crippen LogP contribution is 2.32. The standard InChI is InChI=1S/C17H8F4N2/c18-9-2-4-13-8(5-9)1-3-14(23-13)11-7-22-17-10(11)6-12(19)15(20)16(17)21/h1-7,22H. The molecule has 0 amide bonds. The summed E-state index contributed by atoms with van der Waals surface area (Å²) in [5.41, 5.74) is 1.30. The number of nitrogens with one attached hydrogen (secondary N) is 1. The molecule has 2 nitrogen and oxygen atoms in total. The monoisotopic (exact) mass is 316 g/mol. The van der Waals surface area contributed by atoms with Gasteiger partial charge in [0, 0.05) is 22.5 Å². The summed E-state index contributed by atoms with van der Waals surface area (Å²) in [5.74, 6) is -4.43. The van der Waals surface area contributed by atoms with Gasteiger partial charge >= 0.3 is 0 Å². The number of hydrogen-bond donors (Lipinski definition) is 1. The zero-order valence-corrected chi connectivity index (χ0v) is 11.5. The average Bonchev–Trinajstić information content (AvgIpc) is 2.96. The smallest absolute Gasteiger partial charge is 0.196 e. The summed E-state index contributed by atoms with van der Waals surface area (Å²) in [4.78, 5) is 6.96. The minimum atomic E-state index is -1.52. The topological polar surface area (TPSA) is 28.7 Å². The van der Waals surface area contributed by atoms with Gasteiger partial charge in [0.15, 0.2) is 17.5 Å². The van der Waals surface area contributed by atoms with Crippen LogP contribution in [0.3, 0.4) is 0 Å². The minimum absolute atomic E-state index is 0.125. The Hall–Kier alpha value is -2.89. The van der Waals surface area contributed by atoms with E-state index in [9.17, 15) is 17.6 Å². The third-order valence-corrected chi connectivity index (χ3v) is 3.74. The van der Waals surface area contributed by atoms with Gasteiger partial charge in [-0.05, 0) is 30.3 Å². The van der Waals surface area contributed by atoms with Gasteiger partial charge in [-0.25, -0.2) is 22.5 Å². The summed E-state index contributed by atoms with van der Waals surface area (Å²) in [5, 5.41) is 0.798. The molecule has 1 N–H and O–H groups in total. The van der Waals surface area contributed by atoms with Crippen molar-refractivity contribution < 1.29 is 17.6 Å². The maximum atomic E-state index is 13.8. The van der Waals surface area contributed by atoms with E-state index in [0.29, 0.717) is 22.2 Å². The highest BCUT2D eigenvalue weighted by molar-refractivity contribution is 5.96. The molecule has 2 heterocycles. The number of hydrogen-bond acceptors (Lipinski definition) is 1. The number of H-pyrrole nitrogens is 1. The van der Waals surface area contributed by atoms with Gasteiger partial charge in [0.1, 0.15) is 5.82 Å². The molecular formula is C17H8F4N2. The first kappa shape index (κ1) is 13.8. The van der Waals surface area contributed by atoms with Gasteiger partial charge in [0.2, 0.25) is 0 Å². The van der Waals surface area contributed by atoms with Crippen molar-refractivity contribution in [1.82, 2.24) is 9.97 Å². The highest BCUT2D eigenvalue weighted by atomic mass is 19.2. The van der Waals surface area contributed by atoms with Crippen LogP contribution >= 0.6 is 0 Å². The molecule has 2 aromatic heterocycles. The molecule has 114 valence electrons. The summed E-state index contributed by atoms with van der Waals surface area (Å²) < 4.78 is 53.8. The minimum Gasteiger partial charge on any atom is -0.358 e. The Balaban J connectivity index is 1.97.